The molecule has 0 fully saturated rings. The molecule has 4 nitrogen and oxygen atoms in total. The zero-order chi connectivity index (χ0) is 24.2. The summed E-state index contributed by atoms with van der Waals surface area (Å²) in [5.41, 5.74) is -0.786. The fourth-order valence-corrected chi connectivity index (χ4v) is 8.28. The average molecular weight is 471 g/mol. The second-order valence-electron chi connectivity index (χ2n) is 8.83. The third kappa shape index (κ3) is 4.55. The van der Waals surface area contributed by atoms with Crippen molar-refractivity contribution in [3.8, 4) is 0 Å². The van der Waals surface area contributed by atoms with Crippen LogP contribution in [0.1, 0.15) is 31.3 Å². The van der Waals surface area contributed by atoms with Crippen molar-refractivity contribution in [1.82, 2.24) is 0 Å². The van der Waals surface area contributed by atoms with Gasteiger partial charge in [0, 0.05) is 0 Å². The van der Waals surface area contributed by atoms with Crippen molar-refractivity contribution >= 4 is 39.8 Å². The van der Waals surface area contributed by atoms with Gasteiger partial charge in [0.15, 0.2) is 5.76 Å². The van der Waals surface area contributed by atoms with E-state index in [0.29, 0.717) is 0 Å². The summed E-state index contributed by atoms with van der Waals surface area (Å²) in [4.78, 5) is 28.1. The third-order valence-electron chi connectivity index (χ3n) is 5.32. The standard InChI is InChI=1S/C29H27O4P/c1-29(2,3)33-28(31)27(26(30)25-20-13-21-32-25)34(22-14-7-4-8-15-22,23-16-9-5-10-17-23)24-18-11-6-12-19-24/h4-21H,1-3H3. The summed E-state index contributed by atoms with van der Waals surface area (Å²) in [5.74, 6) is -1.00. The summed E-state index contributed by atoms with van der Waals surface area (Å²) < 4.78 is 11.4. The average Bonchev–Trinajstić information content (AvgIpc) is 3.38. The van der Waals surface area contributed by atoms with E-state index in [2.05, 4.69) is 0 Å². The Hall–Kier alpha value is -3.62. The molecule has 0 bridgehead atoms. The monoisotopic (exact) mass is 470 g/mol. The zero-order valence-electron chi connectivity index (χ0n) is 19.5. The molecule has 0 unspecified atom stereocenters. The molecule has 0 aliphatic heterocycles. The number of hydrogen-bond donors (Lipinski definition) is 0. The Labute approximate surface area is 200 Å². The van der Waals surface area contributed by atoms with Gasteiger partial charge in [-0.05, 0) is 55.7 Å². The molecule has 1 aromatic heterocycles. The van der Waals surface area contributed by atoms with Crippen LogP contribution in [0.25, 0.3) is 0 Å². The van der Waals surface area contributed by atoms with Crippen LogP contribution in [-0.4, -0.2) is 22.6 Å². The predicted molar refractivity (Wildman–Crippen MR) is 139 cm³/mol. The van der Waals surface area contributed by atoms with Gasteiger partial charge in [-0.1, -0.05) is 91.0 Å². The van der Waals surface area contributed by atoms with Gasteiger partial charge in [0.1, 0.15) is 10.9 Å². The molecule has 4 aromatic rings. The van der Waals surface area contributed by atoms with E-state index in [4.69, 9.17) is 9.15 Å². The fourth-order valence-electron chi connectivity index (χ4n) is 4.02. The van der Waals surface area contributed by atoms with Crippen molar-refractivity contribution in [1.29, 1.82) is 0 Å². The van der Waals surface area contributed by atoms with Crippen LogP contribution in [0.3, 0.4) is 0 Å². The Kier molecular flexibility index (Phi) is 6.72. The summed E-state index contributed by atoms with van der Waals surface area (Å²) in [6, 6.07) is 32.5. The second-order valence-corrected chi connectivity index (χ2v) is 12.2. The fraction of sp³-hybridized carbons (Fsp3) is 0.138. The van der Waals surface area contributed by atoms with E-state index in [0.717, 1.165) is 15.9 Å². The Morgan fingerprint density at radius 2 is 1.12 bits per heavy atom. The van der Waals surface area contributed by atoms with Gasteiger partial charge < -0.3 is 9.15 Å². The molecule has 0 aliphatic carbocycles. The minimum atomic E-state index is -2.97. The van der Waals surface area contributed by atoms with Crippen molar-refractivity contribution in [2.75, 3.05) is 0 Å². The van der Waals surface area contributed by atoms with Crippen LogP contribution in [0.15, 0.2) is 114 Å². The first-order valence-electron chi connectivity index (χ1n) is 11.1. The third-order valence-corrected chi connectivity index (χ3v) is 9.59. The number of carbonyl (C=O) groups excluding carboxylic acids is 2. The van der Waals surface area contributed by atoms with Crippen LogP contribution >= 0.6 is 6.89 Å². The van der Waals surface area contributed by atoms with Crippen LogP contribution in [0.5, 0.6) is 0 Å². The van der Waals surface area contributed by atoms with E-state index in [1.807, 2.05) is 91.0 Å². The zero-order valence-corrected chi connectivity index (χ0v) is 20.4. The summed E-state index contributed by atoms with van der Waals surface area (Å²) >= 11 is 0. The lowest BCUT2D eigenvalue weighted by molar-refractivity contribution is -0.145. The van der Waals surface area contributed by atoms with Crippen LogP contribution < -0.4 is 15.9 Å². The molecule has 34 heavy (non-hydrogen) atoms. The van der Waals surface area contributed by atoms with Crippen LogP contribution in [0, 0.1) is 0 Å². The number of rotatable bonds is 6. The number of carbonyl (C=O) groups is 2. The molecule has 1 heterocycles. The van der Waals surface area contributed by atoms with E-state index < -0.39 is 24.2 Å². The van der Waals surface area contributed by atoms with Gasteiger partial charge in [0.25, 0.3) is 0 Å². The van der Waals surface area contributed by atoms with Crippen LogP contribution in [0.4, 0.5) is 0 Å². The Morgan fingerprint density at radius 3 is 1.47 bits per heavy atom. The van der Waals surface area contributed by atoms with Gasteiger partial charge in [0.05, 0.1) is 6.26 Å². The van der Waals surface area contributed by atoms with Gasteiger partial charge >= 0.3 is 5.97 Å². The first-order chi connectivity index (χ1) is 16.3. The summed E-state index contributed by atoms with van der Waals surface area (Å²) in [7, 11) is 0. The van der Waals surface area contributed by atoms with E-state index in [-0.39, 0.29) is 11.1 Å². The molecule has 4 rings (SSSR count). The van der Waals surface area contributed by atoms with Crippen LogP contribution in [-0.2, 0) is 9.53 Å². The lowest BCUT2D eigenvalue weighted by atomic mass is 10.2. The van der Waals surface area contributed by atoms with E-state index >= 15 is 0 Å². The van der Waals surface area contributed by atoms with Gasteiger partial charge in [-0.3, -0.25) is 4.79 Å². The topological polar surface area (TPSA) is 56.5 Å². The van der Waals surface area contributed by atoms with Gasteiger partial charge in [-0.2, -0.15) is 0 Å². The number of furan rings is 1. The van der Waals surface area contributed by atoms with Gasteiger partial charge in [-0.25, -0.2) is 4.79 Å². The number of Topliss-reactive ketones (excluding diaryl/α,β-unsaturated/α-hetero) is 1. The highest BCUT2D eigenvalue weighted by molar-refractivity contribution is 7.97. The summed E-state index contributed by atoms with van der Waals surface area (Å²) in [5, 5.41) is 2.73. The summed E-state index contributed by atoms with van der Waals surface area (Å²) in [6.45, 7) is 2.43. The van der Waals surface area contributed by atoms with Crippen molar-refractivity contribution in [2.24, 2.45) is 0 Å². The highest BCUT2D eigenvalue weighted by Crippen LogP contribution is 2.47. The second kappa shape index (κ2) is 9.70. The molecule has 0 saturated carbocycles. The minimum absolute atomic E-state index is 0.0842. The highest BCUT2D eigenvalue weighted by Gasteiger charge is 2.40. The van der Waals surface area contributed by atoms with Gasteiger partial charge in [0.2, 0.25) is 5.78 Å². The molecule has 0 radical (unpaired) electrons. The lowest BCUT2D eigenvalue weighted by Gasteiger charge is -2.32. The highest BCUT2D eigenvalue weighted by atomic mass is 31.2. The smallest absolute Gasteiger partial charge is 0.343 e. The molecular weight excluding hydrogens is 443 g/mol. The normalized spacial score (nSPS) is 11.6. The quantitative estimate of drug-likeness (QED) is 0.173. The maximum atomic E-state index is 14.1. The van der Waals surface area contributed by atoms with Crippen molar-refractivity contribution in [2.45, 2.75) is 26.4 Å². The Morgan fingerprint density at radius 1 is 0.676 bits per heavy atom. The van der Waals surface area contributed by atoms with E-state index in [1.54, 1.807) is 32.9 Å². The van der Waals surface area contributed by atoms with Crippen LogP contribution in [0.2, 0.25) is 0 Å². The van der Waals surface area contributed by atoms with Gasteiger partial charge in [-0.15, -0.1) is 0 Å². The maximum absolute atomic E-state index is 14.1. The lowest BCUT2D eigenvalue weighted by Crippen LogP contribution is -2.40. The number of ketones is 1. The molecule has 5 heteroatoms. The number of ether oxygens (including phenoxy) is 1. The molecule has 0 aliphatic rings. The SMILES string of the molecule is CC(C)(C)OC(=O)C(C(=O)c1ccco1)=P(c1ccccc1)(c1ccccc1)c1ccccc1. The molecule has 0 spiro atoms. The molecule has 0 saturated heterocycles. The van der Waals surface area contributed by atoms with Crippen molar-refractivity contribution < 1.29 is 18.7 Å². The first-order valence-corrected chi connectivity index (χ1v) is 12.9. The van der Waals surface area contributed by atoms with Crippen molar-refractivity contribution in [3.05, 3.63) is 115 Å². The molecular formula is C29H27O4P. The first kappa shape index (κ1) is 23.5. The number of benzene rings is 3. The number of esters is 1. The molecule has 0 N–H and O–H groups in total. The molecule has 172 valence electrons. The van der Waals surface area contributed by atoms with E-state index in [1.165, 1.54) is 6.26 Å². The maximum Gasteiger partial charge on any atom is 0.343 e. The van der Waals surface area contributed by atoms with E-state index in [9.17, 15) is 9.59 Å². The molecule has 0 atom stereocenters. The summed E-state index contributed by atoms with van der Waals surface area (Å²) in [6.07, 6.45) is 1.44. The number of hydrogen-bond acceptors (Lipinski definition) is 4. The Balaban J connectivity index is 2.25. The largest absolute Gasteiger partial charge is 0.461 e. The minimum Gasteiger partial charge on any atom is -0.461 e. The van der Waals surface area contributed by atoms with Crippen molar-refractivity contribution in [3.63, 3.8) is 0 Å². The molecule has 3 aromatic carbocycles. The predicted octanol–water partition coefficient (Wildman–Crippen LogP) is 4.97. The molecule has 0 amide bonds. The Bertz CT molecular complexity index is 1210.